The van der Waals surface area contributed by atoms with Crippen LogP contribution in [0.2, 0.25) is 0 Å². The third kappa shape index (κ3) is 3.96. The molecule has 1 aliphatic heterocycles. The average molecular weight is 252 g/mol. The molecule has 106 valence electrons. The van der Waals surface area contributed by atoms with E-state index >= 15 is 0 Å². The molecule has 2 fully saturated rings. The molecule has 2 aliphatic rings. The fraction of sp³-hybridized carbons (Fsp3) is 1.00. The smallest absolute Gasteiger partial charge is 0.00705 e. The van der Waals surface area contributed by atoms with Gasteiger partial charge in [0.2, 0.25) is 0 Å². The first-order valence-electron chi connectivity index (χ1n) is 8.11. The average Bonchev–Trinajstić information content (AvgIpc) is 2.40. The number of nitrogens with one attached hydrogen (secondary N) is 1. The molecule has 0 aromatic carbocycles. The monoisotopic (exact) mass is 252 g/mol. The molecule has 1 N–H and O–H groups in total. The van der Waals surface area contributed by atoms with Gasteiger partial charge >= 0.3 is 0 Å². The lowest BCUT2D eigenvalue weighted by Gasteiger charge is -2.37. The van der Waals surface area contributed by atoms with Crippen molar-refractivity contribution in [3.8, 4) is 0 Å². The highest BCUT2D eigenvalue weighted by atomic mass is 15.1. The van der Waals surface area contributed by atoms with Crippen molar-refractivity contribution in [2.45, 2.75) is 70.9 Å². The van der Waals surface area contributed by atoms with Crippen LogP contribution in [0.15, 0.2) is 0 Å². The zero-order valence-corrected chi connectivity index (χ0v) is 12.6. The molecule has 2 rings (SSSR count). The first-order chi connectivity index (χ1) is 8.66. The van der Waals surface area contributed by atoms with Gasteiger partial charge in [-0.05, 0) is 71.5 Å². The van der Waals surface area contributed by atoms with Crippen molar-refractivity contribution in [3.05, 3.63) is 0 Å². The zero-order valence-electron chi connectivity index (χ0n) is 12.6. The fourth-order valence-corrected chi connectivity index (χ4v) is 3.85. The Morgan fingerprint density at radius 2 is 1.33 bits per heavy atom. The number of hydrogen-bond donors (Lipinski definition) is 1. The molecule has 0 bridgehead atoms. The molecule has 0 spiro atoms. The lowest BCUT2D eigenvalue weighted by atomic mass is 9.83. The Morgan fingerprint density at radius 1 is 0.833 bits per heavy atom. The van der Waals surface area contributed by atoms with Crippen molar-refractivity contribution < 1.29 is 0 Å². The van der Waals surface area contributed by atoms with Gasteiger partial charge in [0.05, 0.1) is 0 Å². The normalized spacial score (nSPS) is 28.2. The van der Waals surface area contributed by atoms with Gasteiger partial charge in [0.1, 0.15) is 0 Å². The molecule has 1 aliphatic carbocycles. The van der Waals surface area contributed by atoms with Crippen molar-refractivity contribution in [3.63, 3.8) is 0 Å². The van der Waals surface area contributed by atoms with Gasteiger partial charge in [0.25, 0.3) is 0 Å². The maximum atomic E-state index is 3.92. The Kier molecular flexibility index (Phi) is 5.50. The number of rotatable bonds is 4. The summed E-state index contributed by atoms with van der Waals surface area (Å²) >= 11 is 0. The molecule has 0 radical (unpaired) electrons. The first kappa shape index (κ1) is 14.3. The van der Waals surface area contributed by atoms with E-state index in [-0.39, 0.29) is 0 Å². The highest BCUT2D eigenvalue weighted by molar-refractivity contribution is 4.83. The minimum atomic E-state index is 0.704. The number of likely N-dealkylation sites (tertiary alicyclic amines) is 1. The summed E-state index contributed by atoms with van der Waals surface area (Å²) in [5, 5.41) is 3.92. The summed E-state index contributed by atoms with van der Waals surface area (Å²) in [6, 6.07) is 1.43. The lowest BCUT2D eigenvalue weighted by Crippen LogP contribution is -2.46. The summed E-state index contributed by atoms with van der Waals surface area (Å²) < 4.78 is 0. The summed E-state index contributed by atoms with van der Waals surface area (Å²) in [7, 11) is 2.25. The molecule has 0 aromatic rings. The molecule has 18 heavy (non-hydrogen) atoms. The van der Waals surface area contributed by atoms with Crippen LogP contribution in [0.1, 0.15) is 58.8 Å². The Morgan fingerprint density at radius 3 is 1.89 bits per heavy atom. The minimum Gasteiger partial charge on any atom is -0.311 e. The summed E-state index contributed by atoms with van der Waals surface area (Å²) in [5.74, 6) is 1.83. The first-order valence-corrected chi connectivity index (χ1v) is 8.11. The van der Waals surface area contributed by atoms with E-state index in [9.17, 15) is 0 Å². The van der Waals surface area contributed by atoms with Crippen LogP contribution < -0.4 is 5.32 Å². The summed E-state index contributed by atoms with van der Waals surface area (Å²) in [6.45, 7) is 7.40. The molecular weight excluding hydrogens is 220 g/mol. The van der Waals surface area contributed by atoms with Crippen LogP contribution in [-0.4, -0.2) is 37.1 Å². The van der Waals surface area contributed by atoms with Gasteiger partial charge in [0.15, 0.2) is 0 Å². The Balaban J connectivity index is 1.73. The van der Waals surface area contributed by atoms with Gasteiger partial charge in [-0.3, -0.25) is 0 Å². The van der Waals surface area contributed by atoms with Crippen LogP contribution in [0, 0.1) is 11.8 Å². The lowest BCUT2D eigenvalue weighted by molar-refractivity contribution is 0.171. The third-order valence-corrected chi connectivity index (χ3v) is 5.35. The van der Waals surface area contributed by atoms with Gasteiger partial charge in [-0.25, -0.2) is 0 Å². The molecule has 2 unspecified atom stereocenters. The standard InChI is InChI=1S/C16H32N2/c1-13(15-7-5-4-6-8-15)17-14(2)16-9-11-18(3)12-10-16/h13-17H,4-12H2,1-3H3. The van der Waals surface area contributed by atoms with Crippen LogP contribution in [0.4, 0.5) is 0 Å². The second kappa shape index (κ2) is 6.91. The van der Waals surface area contributed by atoms with Crippen molar-refractivity contribution in [2.24, 2.45) is 11.8 Å². The highest BCUT2D eigenvalue weighted by Crippen LogP contribution is 2.27. The van der Waals surface area contributed by atoms with E-state index in [1.165, 1.54) is 58.0 Å². The van der Waals surface area contributed by atoms with Crippen molar-refractivity contribution >= 4 is 0 Å². The number of hydrogen-bond acceptors (Lipinski definition) is 2. The van der Waals surface area contributed by atoms with E-state index in [4.69, 9.17) is 0 Å². The predicted molar refractivity (Wildman–Crippen MR) is 78.9 cm³/mol. The molecular formula is C16H32N2. The molecule has 2 heteroatoms. The van der Waals surface area contributed by atoms with E-state index in [0.717, 1.165) is 17.9 Å². The minimum absolute atomic E-state index is 0.704. The maximum Gasteiger partial charge on any atom is 0.00705 e. The highest BCUT2D eigenvalue weighted by Gasteiger charge is 2.26. The number of nitrogens with zero attached hydrogens (tertiary/aromatic N) is 1. The van der Waals surface area contributed by atoms with Crippen molar-refractivity contribution in [2.75, 3.05) is 20.1 Å². The van der Waals surface area contributed by atoms with Gasteiger partial charge < -0.3 is 10.2 Å². The molecule has 0 amide bonds. The molecule has 1 saturated heterocycles. The molecule has 1 saturated carbocycles. The summed E-state index contributed by atoms with van der Waals surface area (Å²) in [6.07, 6.45) is 10.0. The van der Waals surface area contributed by atoms with Gasteiger partial charge in [0, 0.05) is 12.1 Å². The topological polar surface area (TPSA) is 15.3 Å². The predicted octanol–water partition coefficient (Wildman–Crippen LogP) is 3.28. The zero-order chi connectivity index (χ0) is 13.0. The molecule has 0 aromatic heterocycles. The molecule has 1 heterocycles. The Hall–Kier alpha value is -0.0800. The van der Waals surface area contributed by atoms with Crippen molar-refractivity contribution in [1.82, 2.24) is 10.2 Å². The van der Waals surface area contributed by atoms with E-state index in [1.807, 2.05) is 0 Å². The Labute approximate surface area is 114 Å². The van der Waals surface area contributed by atoms with E-state index < -0.39 is 0 Å². The van der Waals surface area contributed by atoms with Crippen LogP contribution in [0.5, 0.6) is 0 Å². The van der Waals surface area contributed by atoms with Gasteiger partial charge in [-0.15, -0.1) is 0 Å². The quantitative estimate of drug-likeness (QED) is 0.826. The second-order valence-corrected chi connectivity index (χ2v) is 6.78. The van der Waals surface area contributed by atoms with E-state index in [1.54, 1.807) is 0 Å². The van der Waals surface area contributed by atoms with Crippen molar-refractivity contribution in [1.29, 1.82) is 0 Å². The van der Waals surface area contributed by atoms with Gasteiger partial charge in [-0.1, -0.05) is 19.3 Å². The van der Waals surface area contributed by atoms with E-state index in [0.29, 0.717) is 6.04 Å². The third-order valence-electron chi connectivity index (χ3n) is 5.35. The Bertz CT molecular complexity index is 227. The molecule has 2 nitrogen and oxygen atoms in total. The van der Waals surface area contributed by atoms with Crippen LogP contribution in [0.25, 0.3) is 0 Å². The van der Waals surface area contributed by atoms with Crippen LogP contribution in [-0.2, 0) is 0 Å². The van der Waals surface area contributed by atoms with E-state index in [2.05, 4.69) is 31.1 Å². The fourth-order valence-electron chi connectivity index (χ4n) is 3.85. The van der Waals surface area contributed by atoms with Gasteiger partial charge in [-0.2, -0.15) is 0 Å². The summed E-state index contributed by atoms with van der Waals surface area (Å²) in [4.78, 5) is 2.47. The van der Waals surface area contributed by atoms with Crippen LogP contribution >= 0.6 is 0 Å². The SMILES string of the molecule is CC(NC(C)C1CCN(C)CC1)C1CCCCC1. The van der Waals surface area contributed by atoms with Crippen LogP contribution in [0.3, 0.4) is 0 Å². The maximum absolute atomic E-state index is 3.92. The second-order valence-electron chi connectivity index (χ2n) is 6.78. The largest absolute Gasteiger partial charge is 0.311 e. The summed E-state index contributed by atoms with van der Waals surface area (Å²) in [5.41, 5.74) is 0. The number of piperidine rings is 1. The molecule has 2 atom stereocenters.